The normalized spacial score (nSPS) is 11.8. The zero-order valence-electron chi connectivity index (χ0n) is 10.1. The highest BCUT2D eigenvalue weighted by Gasteiger charge is 2.16. The predicted molar refractivity (Wildman–Crippen MR) is 64.3 cm³/mol. The maximum atomic E-state index is 11.8. The van der Waals surface area contributed by atoms with Gasteiger partial charge in [-0.15, -0.1) is 0 Å². The number of carboxylic acid groups (broad SMARTS) is 1. The third-order valence-corrected chi connectivity index (χ3v) is 2.38. The van der Waals surface area contributed by atoms with E-state index in [4.69, 9.17) is 5.11 Å². The van der Waals surface area contributed by atoms with Gasteiger partial charge in [0.1, 0.15) is 5.75 Å². The first-order valence-corrected chi connectivity index (χ1v) is 5.69. The van der Waals surface area contributed by atoms with Gasteiger partial charge in [0.05, 0.1) is 18.2 Å². The number of carboxylic acids is 1. The molecule has 1 aromatic rings. The van der Waals surface area contributed by atoms with Crippen LogP contribution in [0.3, 0.4) is 0 Å². The molecule has 3 N–H and O–H groups in total. The van der Waals surface area contributed by atoms with Crippen molar-refractivity contribution in [2.75, 3.05) is 0 Å². The molecule has 6 nitrogen and oxygen atoms in total. The first-order chi connectivity index (χ1) is 8.52. The average molecular weight is 252 g/mol. The van der Waals surface area contributed by atoms with Gasteiger partial charge in [0.2, 0.25) is 0 Å². The number of rotatable bonds is 6. The Morgan fingerprint density at radius 3 is 2.72 bits per heavy atom. The summed E-state index contributed by atoms with van der Waals surface area (Å²) in [6, 6.07) is 0.869. The monoisotopic (exact) mass is 252 g/mol. The Morgan fingerprint density at radius 1 is 1.44 bits per heavy atom. The van der Waals surface area contributed by atoms with E-state index in [-0.39, 0.29) is 17.7 Å². The summed E-state index contributed by atoms with van der Waals surface area (Å²) in [6.07, 6.45) is 3.78. The minimum absolute atomic E-state index is 0.104. The molecule has 1 amide bonds. The maximum absolute atomic E-state index is 11.8. The quantitative estimate of drug-likeness (QED) is 0.705. The molecule has 0 spiro atoms. The van der Waals surface area contributed by atoms with Gasteiger partial charge in [0.15, 0.2) is 0 Å². The molecule has 98 valence electrons. The van der Waals surface area contributed by atoms with Crippen LogP contribution in [0.1, 0.15) is 36.5 Å². The lowest BCUT2D eigenvalue weighted by Gasteiger charge is -2.15. The number of hydrogen-bond acceptors (Lipinski definition) is 4. The molecule has 18 heavy (non-hydrogen) atoms. The fraction of sp³-hybridized carbons (Fsp3) is 0.417. The van der Waals surface area contributed by atoms with Crippen LogP contribution in [0.5, 0.6) is 5.75 Å². The highest BCUT2D eigenvalue weighted by molar-refractivity contribution is 5.94. The summed E-state index contributed by atoms with van der Waals surface area (Å²) in [7, 11) is 0. The molecule has 1 aromatic heterocycles. The molecular formula is C12H16N2O4. The van der Waals surface area contributed by atoms with E-state index in [1.807, 2.05) is 6.92 Å². The molecule has 0 aromatic carbocycles. The number of amides is 1. The van der Waals surface area contributed by atoms with E-state index in [2.05, 4.69) is 10.3 Å². The second-order valence-corrected chi connectivity index (χ2v) is 3.99. The summed E-state index contributed by atoms with van der Waals surface area (Å²) in [5.41, 5.74) is 0.210. The minimum Gasteiger partial charge on any atom is -0.506 e. The molecule has 6 heteroatoms. The molecular weight excluding hydrogens is 236 g/mol. The topological polar surface area (TPSA) is 99.5 Å². The Bertz CT molecular complexity index is 434. The Balaban J connectivity index is 2.68. The van der Waals surface area contributed by atoms with Crippen LogP contribution >= 0.6 is 0 Å². The highest BCUT2D eigenvalue weighted by atomic mass is 16.4. The molecule has 1 heterocycles. The first kappa shape index (κ1) is 14.0. The van der Waals surface area contributed by atoms with E-state index in [9.17, 15) is 14.7 Å². The van der Waals surface area contributed by atoms with Gasteiger partial charge >= 0.3 is 5.97 Å². The SMILES string of the molecule is CCCC(CC(=O)O)NC(=O)c1cncc(O)c1. The second kappa shape index (κ2) is 6.58. The Hall–Kier alpha value is -2.11. The lowest BCUT2D eigenvalue weighted by molar-refractivity contribution is -0.137. The largest absolute Gasteiger partial charge is 0.506 e. The predicted octanol–water partition coefficient (Wildman–Crippen LogP) is 1.16. The molecule has 0 radical (unpaired) electrons. The molecule has 0 fully saturated rings. The van der Waals surface area contributed by atoms with Crippen LogP contribution < -0.4 is 5.32 Å². The van der Waals surface area contributed by atoms with Gasteiger partial charge in [-0.25, -0.2) is 0 Å². The molecule has 0 bridgehead atoms. The fourth-order valence-electron chi connectivity index (χ4n) is 1.61. The molecule has 1 atom stereocenters. The number of nitrogens with zero attached hydrogens (tertiary/aromatic N) is 1. The van der Waals surface area contributed by atoms with Gasteiger partial charge in [-0.2, -0.15) is 0 Å². The lowest BCUT2D eigenvalue weighted by atomic mass is 10.1. The average Bonchev–Trinajstić information content (AvgIpc) is 2.28. The van der Waals surface area contributed by atoms with Gasteiger partial charge in [0.25, 0.3) is 5.91 Å². The van der Waals surface area contributed by atoms with Gasteiger partial charge in [-0.1, -0.05) is 13.3 Å². The fourth-order valence-corrected chi connectivity index (χ4v) is 1.61. The minimum atomic E-state index is -0.956. The molecule has 1 rings (SSSR count). The van der Waals surface area contributed by atoms with E-state index in [0.29, 0.717) is 6.42 Å². The molecule has 0 aliphatic rings. The molecule has 0 saturated carbocycles. The standard InChI is InChI=1S/C12H16N2O4/c1-2-3-9(5-11(16)17)14-12(18)8-4-10(15)7-13-6-8/h4,6-7,9,15H,2-3,5H2,1H3,(H,14,18)(H,16,17). The molecule has 0 saturated heterocycles. The Morgan fingerprint density at radius 2 is 2.17 bits per heavy atom. The van der Waals surface area contributed by atoms with Crippen LogP contribution in [-0.4, -0.2) is 33.1 Å². The van der Waals surface area contributed by atoms with Gasteiger partial charge < -0.3 is 15.5 Å². The van der Waals surface area contributed by atoms with E-state index in [1.165, 1.54) is 18.5 Å². The van der Waals surface area contributed by atoms with Crippen molar-refractivity contribution in [3.05, 3.63) is 24.0 Å². The third kappa shape index (κ3) is 4.40. The van der Waals surface area contributed by atoms with E-state index >= 15 is 0 Å². The van der Waals surface area contributed by atoms with Crippen LogP contribution in [0.25, 0.3) is 0 Å². The van der Waals surface area contributed by atoms with Crippen LogP contribution in [-0.2, 0) is 4.79 Å². The number of pyridine rings is 1. The lowest BCUT2D eigenvalue weighted by Crippen LogP contribution is -2.36. The summed E-state index contributed by atoms with van der Waals surface area (Å²) in [5, 5.41) is 20.6. The van der Waals surface area contributed by atoms with Crippen molar-refractivity contribution in [3.63, 3.8) is 0 Å². The number of carbonyl (C=O) groups is 2. The van der Waals surface area contributed by atoms with Gasteiger partial charge in [-0.05, 0) is 12.5 Å². The number of hydrogen-bond donors (Lipinski definition) is 3. The van der Waals surface area contributed by atoms with E-state index < -0.39 is 17.9 Å². The number of aromatic nitrogens is 1. The van der Waals surface area contributed by atoms with Crippen molar-refractivity contribution in [3.8, 4) is 5.75 Å². The van der Waals surface area contributed by atoms with Crippen LogP contribution in [0.15, 0.2) is 18.5 Å². The maximum Gasteiger partial charge on any atom is 0.305 e. The zero-order valence-corrected chi connectivity index (χ0v) is 10.1. The molecule has 1 unspecified atom stereocenters. The van der Waals surface area contributed by atoms with Crippen molar-refractivity contribution in [2.45, 2.75) is 32.2 Å². The Kier molecular flexibility index (Phi) is 5.10. The summed E-state index contributed by atoms with van der Waals surface area (Å²) in [5.74, 6) is -1.49. The summed E-state index contributed by atoms with van der Waals surface area (Å²) >= 11 is 0. The van der Waals surface area contributed by atoms with Crippen LogP contribution in [0, 0.1) is 0 Å². The van der Waals surface area contributed by atoms with Crippen molar-refractivity contribution in [1.82, 2.24) is 10.3 Å². The number of nitrogens with one attached hydrogen (secondary N) is 1. The van der Waals surface area contributed by atoms with E-state index in [0.717, 1.165) is 6.42 Å². The number of aliphatic carboxylic acids is 1. The summed E-state index contributed by atoms with van der Waals surface area (Å²) in [4.78, 5) is 26.2. The van der Waals surface area contributed by atoms with Crippen LogP contribution in [0.4, 0.5) is 0 Å². The van der Waals surface area contributed by atoms with E-state index in [1.54, 1.807) is 0 Å². The summed E-state index contributed by atoms with van der Waals surface area (Å²) < 4.78 is 0. The van der Waals surface area contributed by atoms with Crippen molar-refractivity contribution in [2.24, 2.45) is 0 Å². The highest BCUT2D eigenvalue weighted by Crippen LogP contribution is 2.10. The van der Waals surface area contributed by atoms with Crippen molar-refractivity contribution >= 4 is 11.9 Å². The molecule has 0 aliphatic carbocycles. The molecule has 0 aliphatic heterocycles. The second-order valence-electron chi connectivity index (χ2n) is 3.99. The van der Waals surface area contributed by atoms with Crippen molar-refractivity contribution < 1.29 is 19.8 Å². The van der Waals surface area contributed by atoms with Crippen molar-refractivity contribution in [1.29, 1.82) is 0 Å². The zero-order chi connectivity index (χ0) is 13.5. The Labute approximate surface area is 105 Å². The smallest absolute Gasteiger partial charge is 0.305 e. The van der Waals surface area contributed by atoms with Crippen LogP contribution in [0.2, 0.25) is 0 Å². The number of aromatic hydroxyl groups is 1. The number of carbonyl (C=O) groups excluding carboxylic acids is 1. The third-order valence-electron chi connectivity index (χ3n) is 2.38. The van der Waals surface area contributed by atoms with Gasteiger partial charge in [-0.3, -0.25) is 14.6 Å². The van der Waals surface area contributed by atoms with Gasteiger partial charge in [0, 0.05) is 12.2 Å². The first-order valence-electron chi connectivity index (χ1n) is 5.69. The summed E-state index contributed by atoms with van der Waals surface area (Å²) in [6.45, 7) is 1.91.